The molecule has 0 saturated carbocycles. The molecule has 1 aromatic carbocycles. The molecular weight excluding hydrogens is 264 g/mol. The number of anilines is 1. The fourth-order valence-electron chi connectivity index (χ4n) is 3.16. The molecule has 0 radical (unpaired) electrons. The van der Waals surface area contributed by atoms with Crippen LogP contribution >= 0.6 is 0 Å². The Morgan fingerprint density at radius 3 is 3.05 bits per heavy atom. The van der Waals surface area contributed by atoms with E-state index in [2.05, 4.69) is 22.0 Å². The predicted octanol–water partition coefficient (Wildman–Crippen LogP) is 3.23. The van der Waals surface area contributed by atoms with Gasteiger partial charge < -0.3 is 10.0 Å². The molecule has 4 nitrogen and oxygen atoms in total. The number of benzene rings is 1. The molecule has 1 saturated heterocycles. The van der Waals surface area contributed by atoms with Gasteiger partial charge in [0.2, 0.25) is 0 Å². The van der Waals surface area contributed by atoms with Crippen molar-refractivity contribution < 1.29 is 9.90 Å². The number of hydrogen-bond donors (Lipinski definition) is 1. The monoisotopic (exact) mass is 284 g/mol. The number of aliphatic carboxylic acids is 1. The quantitative estimate of drug-likeness (QED) is 0.936. The van der Waals surface area contributed by atoms with E-state index in [1.54, 1.807) is 0 Å². The van der Waals surface area contributed by atoms with Crippen molar-refractivity contribution in [3.63, 3.8) is 0 Å². The highest BCUT2D eigenvalue weighted by Gasteiger charge is 2.24. The number of aryl methyl sites for hydroxylation is 1. The maximum absolute atomic E-state index is 10.7. The number of pyridine rings is 1. The number of para-hydroxylation sites is 1. The zero-order valence-corrected chi connectivity index (χ0v) is 12.2. The zero-order chi connectivity index (χ0) is 14.8. The van der Waals surface area contributed by atoms with Crippen LogP contribution in [0.4, 0.5) is 5.69 Å². The summed E-state index contributed by atoms with van der Waals surface area (Å²) >= 11 is 0. The van der Waals surface area contributed by atoms with Crippen LogP contribution in [0, 0.1) is 12.8 Å². The van der Waals surface area contributed by atoms with Gasteiger partial charge in [0.15, 0.2) is 0 Å². The van der Waals surface area contributed by atoms with Crippen molar-refractivity contribution in [1.82, 2.24) is 4.98 Å². The molecule has 4 heteroatoms. The van der Waals surface area contributed by atoms with E-state index in [-0.39, 0.29) is 6.42 Å². The highest BCUT2D eigenvalue weighted by Crippen LogP contribution is 2.32. The Hall–Kier alpha value is -2.10. The summed E-state index contributed by atoms with van der Waals surface area (Å²) in [4.78, 5) is 17.7. The molecule has 0 aliphatic carbocycles. The average Bonchev–Trinajstić information content (AvgIpc) is 2.93. The molecule has 0 spiro atoms. The molecule has 1 atom stereocenters. The highest BCUT2D eigenvalue weighted by molar-refractivity contribution is 5.92. The summed E-state index contributed by atoms with van der Waals surface area (Å²) in [5.74, 6) is -0.216. The number of nitrogens with zero attached hydrogens (tertiary/aromatic N) is 2. The lowest BCUT2D eigenvalue weighted by Gasteiger charge is -2.21. The van der Waals surface area contributed by atoms with Gasteiger partial charge in [0.25, 0.3) is 0 Å². The van der Waals surface area contributed by atoms with E-state index in [9.17, 15) is 4.79 Å². The van der Waals surface area contributed by atoms with Gasteiger partial charge in [0.1, 0.15) is 0 Å². The van der Waals surface area contributed by atoms with Crippen molar-refractivity contribution in [2.24, 2.45) is 5.92 Å². The minimum Gasteiger partial charge on any atom is -0.481 e. The third-order valence-corrected chi connectivity index (χ3v) is 4.22. The van der Waals surface area contributed by atoms with E-state index < -0.39 is 5.97 Å². The van der Waals surface area contributed by atoms with Crippen molar-refractivity contribution in [2.45, 2.75) is 26.2 Å². The van der Waals surface area contributed by atoms with Gasteiger partial charge in [-0.1, -0.05) is 18.2 Å². The number of fused-ring (bicyclic) bond motifs is 1. The van der Waals surface area contributed by atoms with Gasteiger partial charge in [0, 0.05) is 36.3 Å². The molecule has 1 unspecified atom stereocenters. The molecule has 1 aliphatic heterocycles. The highest BCUT2D eigenvalue weighted by atomic mass is 16.4. The Labute approximate surface area is 124 Å². The molecule has 0 bridgehead atoms. The van der Waals surface area contributed by atoms with Crippen molar-refractivity contribution in [3.8, 4) is 0 Å². The van der Waals surface area contributed by atoms with Crippen molar-refractivity contribution in [3.05, 3.63) is 36.0 Å². The second-order valence-corrected chi connectivity index (χ2v) is 5.83. The van der Waals surface area contributed by atoms with Crippen molar-refractivity contribution in [2.75, 3.05) is 18.0 Å². The lowest BCUT2D eigenvalue weighted by atomic mass is 10.0. The second kappa shape index (κ2) is 5.72. The molecule has 1 fully saturated rings. The van der Waals surface area contributed by atoms with E-state index in [1.165, 1.54) is 11.1 Å². The molecule has 1 aromatic heterocycles. The summed E-state index contributed by atoms with van der Waals surface area (Å²) in [7, 11) is 0. The van der Waals surface area contributed by atoms with E-state index >= 15 is 0 Å². The molecule has 3 rings (SSSR count). The maximum atomic E-state index is 10.7. The number of carboxylic acids is 1. The first-order valence-electron chi connectivity index (χ1n) is 7.46. The molecule has 2 heterocycles. The van der Waals surface area contributed by atoms with Gasteiger partial charge >= 0.3 is 5.97 Å². The van der Waals surface area contributed by atoms with Crippen LogP contribution in [0.1, 0.15) is 25.0 Å². The van der Waals surface area contributed by atoms with Gasteiger partial charge in [-0.3, -0.25) is 9.78 Å². The summed E-state index contributed by atoms with van der Waals surface area (Å²) in [5, 5.41) is 10.00. The topological polar surface area (TPSA) is 53.4 Å². The summed E-state index contributed by atoms with van der Waals surface area (Å²) in [6.07, 6.45) is 2.12. The first kappa shape index (κ1) is 13.9. The first-order chi connectivity index (χ1) is 10.1. The predicted molar refractivity (Wildman–Crippen MR) is 83.7 cm³/mol. The Balaban J connectivity index is 1.83. The summed E-state index contributed by atoms with van der Waals surface area (Å²) in [5.41, 5.74) is 3.29. The van der Waals surface area contributed by atoms with Crippen LogP contribution in [-0.4, -0.2) is 29.1 Å². The summed E-state index contributed by atoms with van der Waals surface area (Å²) < 4.78 is 0. The van der Waals surface area contributed by atoms with E-state index in [0.717, 1.165) is 37.1 Å². The van der Waals surface area contributed by atoms with Gasteiger partial charge in [-0.25, -0.2) is 0 Å². The van der Waals surface area contributed by atoms with Gasteiger partial charge in [-0.15, -0.1) is 0 Å². The number of carboxylic acid groups (broad SMARTS) is 1. The van der Waals surface area contributed by atoms with Crippen LogP contribution in [-0.2, 0) is 4.79 Å². The fourth-order valence-corrected chi connectivity index (χ4v) is 3.16. The standard InChI is InChI=1S/C17H20N2O2/c1-12-10-16(14-4-2-3-5-15(14)18-12)19-9-8-13(11-19)6-7-17(20)21/h2-5,10,13H,6-9,11H2,1H3,(H,20,21). The average molecular weight is 284 g/mol. The van der Waals surface area contributed by atoms with Crippen LogP contribution in [0.3, 0.4) is 0 Å². The van der Waals surface area contributed by atoms with Crippen LogP contribution in [0.2, 0.25) is 0 Å². The third kappa shape index (κ3) is 2.99. The first-order valence-corrected chi connectivity index (χ1v) is 7.46. The Bertz CT molecular complexity index is 669. The van der Waals surface area contributed by atoms with Gasteiger partial charge in [-0.05, 0) is 37.8 Å². The summed E-state index contributed by atoms with van der Waals surface area (Å²) in [6, 6.07) is 10.4. The van der Waals surface area contributed by atoms with E-state index in [1.807, 2.05) is 25.1 Å². The lowest BCUT2D eigenvalue weighted by molar-refractivity contribution is -0.137. The molecule has 1 aliphatic rings. The van der Waals surface area contributed by atoms with Crippen LogP contribution < -0.4 is 4.90 Å². The second-order valence-electron chi connectivity index (χ2n) is 5.83. The van der Waals surface area contributed by atoms with Crippen LogP contribution in [0.25, 0.3) is 10.9 Å². The van der Waals surface area contributed by atoms with Crippen LogP contribution in [0.5, 0.6) is 0 Å². The number of carbonyl (C=O) groups is 1. The van der Waals surface area contributed by atoms with Gasteiger partial charge in [-0.2, -0.15) is 0 Å². The smallest absolute Gasteiger partial charge is 0.303 e. The zero-order valence-electron chi connectivity index (χ0n) is 12.2. The Morgan fingerprint density at radius 1 is 1.43 bits per heavy atom. The SMILES string of the molecule is Cc1cc(N2CCC(CCC(=O)O)C2)c2ccccc2n1. The molecular formula is C17H20N2O2. The minimum absolute atomic E-state index is 0.272. The Kier molecular flexibility index (Phi) is 3.78. The third-order valence-electron chi connectivity index (χ3n) is 4.22. The fraction of sp³-hybridized carbons (Fsp3) is 0.412. The molecule has 1 N–H and O–H groups in total. The molecule has 21 heavy (non-hydrogen) atoms. The van der Waals surface area contributed by atoms with Gasteiger partial charge in [0.05, 0.1) is 5.52 Å². The van der Waals surface area contributed by atoms with Crippen LogP contribution in [0.15, 0.2) is 30.3 Å². The normalized spacial score (nSPS) is 18.3. The minimum atomic E-state index is -0.696. The van der Waals surface area contributed by atoms with E-state index in [4.69, 9.17) is 5.11 Å². The number of hydrogen-bond acceptors (Lipinski definition) is 3. The molecule has 110 valence electrons. The maximum Gasteiger partial charge on any atom is 0.303 e. The largest absolute Gasteiger partial charge is 0.481 e. The van der Waals surface area contributed by atoms with E-state index in [0.29, 0.717) is 5.92 Å². The Morgan fingerprint density at radius 2 is 2.24 bits per heavy atom. The number of aromatic nitrogens is 1. The van der Waals surface area contributed by atoms with Crippen molar-refractivity contribution >= 4 is 22.6 Å². The summed E-state index contributed by atoms with van der Waals surface area (Å²) in [6.45, 7) is 3.96. The lowest BCUT2D eigenvalue weighted by Crippen LogP contribution is -2.20. The molecule has 0 amide bonds. The number of rotatable bonds is 4. The van der Waals surface area contributed by atoms with Crippen molar-refractivity contribution in [1.29, 1.82) is 0 Å². The molecule has 2 aromatic rings.